The van der Waals surface area contributed by atoms with E-state index in [9.17, 15) is 24.3 Å². The molecule has 0 aliphatic carbocycles. The topological polar surface area (TPSA) is 121 Å². The first kappa shape index (κ1) is 19.6. The van der Waals surface area contributed by atoms with E-state index in [1.807, 2.05) is 0 Å². The van der Waals surface area contributed by atoms with Crippen LogP contribution in [0.1, 0.15) is 22.3 Å². The molecule has 0 spiro atoms. The van der Waals surface area contributed by atoms with Crippen molar-refractivity contribution in [1.82, 2.24) is 4.90 Å². The van der Waals surface area contributed by atoms with E-state index in [0.717, 1.165) is 16.7 Å². The van der Waals surface area contributed by atoms with Gasteiger partial charge in [-0.05, 0) is 23.8 Å². The molecular weight excluding hydrogens is 382 g/mol. The predicted octanol–water partition coefficient (Wildman–Crippen LogP) is 1.60. The van der Waals surface area contributed by atoms with Gasteiger partial charge in [-0.2, -0.15) is 0 Å². The number of carbonyl (C=O) groups excluding carboxylic acids is 2. The van der Waals surface area contributed by atoms with Crippen molar-refractivity contribution in [1.29, 1.82) is 0 Å². The number of aliphatic carboxylic acids is 2. The lowest BCUT2D eigenvalue weighted by Gasteiger charge is -2.21. The Morgan fingerprint density at radius 1 is 1.27 bits per heavy atom. The number of thiocarbonyl (C=S) groups is 1. The molecular formula is C16H13NO7S2. The minimum atomic E-state index is -1.58. The van der Waals surface area contributed by atoms with Crippen molar-refractivity contribution < 1.29 is 34.1 Å². The first-order valence-electron chi connectivity index (χ1n) is 7.14. The number of carboxylic acids is 2. The Hall–Kier alpha value is -2.72. The number of carboxylic acid groups (broad SMARTS) is 2. The lowest BCUT2D eigenvalue weighted by molar-refractivity contribution is -0.150. The fourth-order valence-corrected chi connectivity index (χ4v) is 3.54. The van der Waals surface area contributed by atoms with Crippen LogP contribution in [-0.2, 0) is 19.1 Å². The summed E-state index contributed by atoms with van der Waals surface area (Å²) in [6.07, 6.45) is 0.725. The molecule has 1 aromatic rings. The molecule has 8 nitrogen and oxygen atoms in total. The van der Waals surface area contributed by atoms with Crippen molar-refractivity contribution in [3.8, 4) is 0 Å². The van der Waals surface area contributed by atoms with Gasteiger partial charge in [0.25, 0.3) is 5.91 Å². The zero-order chi connectivity index (χ0) is 19.4. The molecule has 1 fully saturated rings. The van der Waals surface area contributed by atoms with Crippen LogP contribution in [0.4, 0.5) is 0 Å². The second-order valence-electron chi connectivity index (χ2n) is 5.12. The summed E-state index contributed by atoms with van der Waals surface area (Å²) in [5.41, 5.74) is 0.924. The van der Waals surface area contributed by atoms with E-state index >= 15 is 0 Å². The third-order valence-corrected chi connectivity index (χ3v) is 4.75. The van der Waals surface area contributed by atoms with Crippen molar-refractivity contribution in [3.63, 3.8) is 0 Å². The average molecular weight is 395 g/mol. The summed E-state index contributed by atoms with van der Waals surface area (Å²) < 4.78 is 4.57. The van der Waals surface area contributed by atoms with Gasteiger partial charge in [-0.1, -0.05) is 36.1 Å². The van der Waals surface area contributed by atoms with Gasteiger partial charge in [0.15, 0.2) is 0 Å². The van der Waals surface area contributed by atoms with Crippen LogP contribution < -0.4 is 0 Å². The van der Waals surface area contributed by atoms with Crippen molar-refractivity contribution in [3.05, 3.63) is 40.3 Å². The summed E-state index contributed by atoms with van der Waals surface area (Å²) in [6.45, 7) is 0. The number of carbonyl (C=O) groups is 4. The molecule has 26 heavy (non-hydrogen) atoms. The summed E-state index contributed by atoms with van der Waals surface area (Å²) in [5, 5.41) is 18.1. The van der Waals surface area contributed by atoms with Crippen LogP contribution in [0.25, 0.3) is 6.08 Å². The molecule has 1 unspecified atom stereocenters. The number of methoxy groups -OCH3 is 1. The SMILES string of the molecule is COC(=O)c1ccc(/C=C2/SC(=S)N(C(CC(=O)O)C(=O)O)C2=O)cc1. The Morgan fingerprint density at radius 3 is 2.38 bits per heavy atom. The van der Waals surface area contributed by atoms with E-state index in [1.165, 1.54) is 25.3 Å². The van der Waals surface area contributed by atoms with Gasteiger partial charge in [-0.3, -0.25) is 14.5 Å². The van der Waals surface area contributed by atoms with Gasteiger partial charge in [0, 0.05) is 0 Å². The normalized spacial score (nSPS) is 16.7. The zero-order valence-electron chi connectivity index (χ0n) is 13.4. The Balaban J connectivity index is 2.27. The summed E-state index contributed by atoms with van der Waals surface area (Å²) in [5.74, 6) is -3.98. The van der Waals surface area contributed by atoms with Crippen molar-refractivity contribution in [2.24, 2.45) is 0 Å². The average Bonchev–Trinajstić information content (AvgIpc) is 2.86. The van der Waals surface area contributed by atoms with Crippen LogP contribution >= 0.6 is 24.0 Å². The summed E-state index contributed by atoms with van der Waals surface area (Å²) in [6, 6.07) is 4.63. The number of hydrogen-bond acceptors (Lipinski definition) is 7. The number of amides is 1. The molecule has 1 heterocycles. The number of ether oxygens (including phenoxy) is 1. The maximum Gasteiger partial charge on any atom is 0.337 e. The highest BCUT2D eigenvalue weighted by Crippen LogP contribution is 2.34. The van der Waals surface area contributed by atoms with Crippen LogP contribution in [-0.4, -0.2) is 56.4 Å². The maximum atomic E-state index is 12.5. The predicted molar refractivity (Wildman–Crippen MR) is 96.5 cm³/mol. The standard InChI is InChI=1S/C16H13NO7S2/c1-24-15(23)9-4-2-8(3-5-9)6-11-13(20)17(16(25)26-11)10(14(21)22)7-12(18)19/h2-6,10H,7H2,1H3,(H,18,19)(H,21,22)/b11-6+. The van der Waals surface area contributed by atoms with E-state index in [1.54, 1.807) is 12.1 Å². The fourth-order valence-electron chi connectivity index (χ4n) is 2.19. The van der Waals surface area contributed by atoms with Crippen LogP contribution in [0.15, 0.2) is 29.2 Å². The lowest BCUT2D eigenvalue weighted by Crippen LogP contribution is -2.45. The fraction of sp³-hybridized carbons (Fsp3) is 0.188. The second kappa shape index (κ2) is 8.11. The monoisotopic (exact) mass is 395 g/mol. The highest BCUT2D eigenvalue weighted by Gasteiger charge is 2.41. The van der Waals surface area contributed by atoms with E-state index in [4.69, 9.17) is 17.3 Å². The first-order chi connectivity index (χ1) is 12.2. The van der Waals surface area contributed by atoms with Crippen molar-refractivity contribution >= 4 is 58.2 Å². The summed E-state index contributed by atoms with van der Waals surface area (Å²) in [4.78, 5) is 47.0. The number of rotatable bonds is 6. The van der Waals surface area contributed by atoms with E-state index in [0.29, 0.717) is 11.1 Å². The van der Waals surface area contributed by atoms with E-state index < -0.39 is 36.3 Å². The van der Waals surface area contributed by atoms with E-state index in [-0.39, 0.29) is 9.23 Å². The van der Waals surface area contributed by atoms with Gasteiger partial charge < -0.3 is 14.9 Å². The molecule has 10 heteroatoms. The van der Waals surface area contributed by atoms with Gasteiger partial charge in [-0.25, -0.2) is 9.59 Å². The molecule has 0 saturated carbocycles. The molecule has 1 aromatic carbocycles. The number of benzene rings is 1. The molecule has 136 valence electrons. The molecule has 1 amide bonds. The number of esters is 1. The quantitative estimate of drug-likeness (QED) is 0.420. The molecule has 0 aromatic heterocycles. The summed E-state index contributed by atoms with van der Waals surface area (Å²) in [7, 11) is 1.26. The Labute approximate surface area is 157 Å². The highest BCUT2D eigenvalue weighted by molar-refractivity contribution is 8.26. The Morgan fingerprint density at radius 2 is 1.88 bits per heavy atom. The molecule has 0 radical (unpaired) electrons. The molecule has 1 atom stereocenters. The third kappa shape index (κ3) is 4.27. The van der Waals surface area contributed by atoms with Crippen molar-refractivity contribution in [2.45, 2.75) is 12.5 Å². The second-order valence-corrected chi connectivity index (χ2v) is 6.79. The van der Waals surface area contributed by atoms with Crippen LogP contribution in [0.3, 0.4) is 0 Å². The molecule has 1 saturated heterocycles. The number of nitrogens with zero attached hydrogens (tertiary/aromatic N) is 1. The minimum absolute atomic E-state index is 0.0268. The summed E-state index contributed by atoms with van der Waals surface area (Å²) >= 11 is 5.93. The third-order valence-electron chi connectivity index (χ3n) is 3.42. The zero-order valence-corrected chi connectivity index (χ0v) is 15.0. The Kier molecular flexibility index (Phi) is 6.11. The number of thioether (sulfide) groups is 1. The van der Waals surface area contributed by atoms with Crippen molar-refractivity contribution in [2.75, 3.05) is 7.11 Å². The maximum absolute atomic E-state index is 12.5. The molecule has 1 aliphatic rings. The van der Waals surface area contributed by atoms with Crippen LogP contribution in [0, 0.1) is 0 Å². The minimum Gasteiger partial charge on any atom is -0.481 e. The van der Waals surface area contributed by atoms with Gasteiger partial charge in [0.1, 0.15) is 10.4 Å². The smallest absolute Gasteiger partial charge is 0.337 e. The van der Waals surface area contributed by atoms with Crippen LogP contribution in [0.2, 0.25) is 0 Å². The Bertz CT molecular complexity index is 816. The molecule has 2 rings (SSSR count). The molecule has 1 aliphatic heterocycles. The number of hydrogen-bond donors (Lipinski definition) is 2. The molecule has 0 bridgehead atoms. The first-order valence-corrected chi connectivity index (χ1v) is 8.37. The van der Waals surface area contributed by atoms with Gasteiger partial charge in [0.05, 0.1) is 24.0 Å². The lowest BCUT2D eigenvalue weighted by atomic mass is 10.1. The largest absolute Gasteiger partial charge is 0.481 e. The highest BCUT2D eigenvalue weighted by atomic mass is 32.2. The van der Waals surface area contributed by atoms with Gasteiger partial charge >= 0.3 is 17.9 Å². The van der Waals surface area contributed by atoms with Crippen LogP contribution in [0.5, 0.6) is 0 Å². The van der Waals surface area contributed by atoms with E-state index in [2.05, 4.69) is 4.74 Å². The molecule has 2 N–H and O–H groups in total. The van der Waals surface area contributed by atoms with Gasteiger partial charge in [0.2, 0.25) is 0 Å². The van der Waals surface area contributed by atoms with Gasteiger partial charge in [-0.15, -0.1) is 0 Å².